The van der Waals surface area contributed by atoms with Crippen LogP contribution in [0.25, 0.3) is 0 Å². The van der Waals surface area contributed by atoms with Crippen molar-refractivity contribution in [2.24, 2.45) is 0 Å². The van der Waals surface area contributed by atoms with Crippen LogP contribution in [0, 0.1) is 0 Å². The van der Waals surface area contributed by atoms with Crippen molar-refractivity contribution in [3.63, 3.8) is 0 Å². The van der Waals surface area contributed by atoms with Gasteiger partial charge in [-0.3, -0.25) is 0 Å². The first kappa shape index (κ1) is 9.53. The Bertz CT molecular complexity index is 301. The molecule has 76 valence electrons. The third-order valence-corrected chi connectivity index (χ3v) is 3.15. The number of para-hydroxylation sites is 1. The maximum Gasteiger partial charge on any atom is 0.0349 e. The van der Waals surface area contributed by atoms with E-state index in [1.165, 1.54) is 31.5 Å². The summed E-state index contributed by atoms with van der Waals surface area (Å²) in [6, 6.07) is 8.27. The van der Waals surface area contributed by atoms with Gasteiger partial charge in [0.2, 0.25) is 0 Å². The topological polar surface area (TPSA) is 29.3 Å². The maximum absolute atomic E-state index is 5.97. The van der Waals surface area contributed by atoms with Crippen LogP contribution < -0.4 is 5.73 Å². The summed E-state index contributed by atoms with van der Waals surface area (Å²) in [5, 5.41) is 0. The molecule has 1 fully saturated rings. The summed E-state index contributed by atoms with van der Waals surface area (Å²) >= 11 is 0. The SMILES string of the molecule is CN1CCC(c2ccccc2N)CC1. The second-order valence-electron chi connectivity index (χ2n) is 4.21. The van der Waals surface area contributed by atoms with Crippen LogP contribution in [0.2, 0.25) is 0 Å². The van der Waals surface area contributed by atoms with E-state index in [0.29, 0.717) is 5.92 Å². The Kier molecular flexibility index (Phi) is 2.73. The molecule has 14 heavy (non-hydrogen) atoms. The van der Waals surface area contributed by atoms with E-state index in [2.05, 4.69) is 24.1 Å². The first-order chi connectivity index (χ1) is 6.77. The summed E-state index contributed by atoms with van der Waals surface area (Å²) in [6.45, 7) is 2.39. The summed E-state index contributed by atoms with van der Waals surface area (Å²) in [5.74, 6) is 0.674. The second-order valence-corrected chi connectivity index (χ2v) is 4.21. The summed E-state index contributed by atoms with van der Waals surface area (Å²) in [5.41, 5.74) is 8.28. The lowest BCUT2D eigenvalue weighted by Gasteiger charge is -2.29. The highest BCUT2D eigenvalue weighted by Crippen LogP contribution is 2.30. The molecule has 0 radical (unpaired) electrons. The molecular weight excluding hydrogens is 172 g/mol. The van der Waals surface area contributed by atoms with Gasteiger partial charge in [-0.2, -0.15) is 0 Å². The van der Waals surface area contributed by atoms with Gasteiger partial charge >= 0.3 is 0 Å². The highest BCUT2D eigenvalue weighted by molar-refractivity contribution is 5.48. The Hall–Kier alpha value is -1.02. The molecule has 2 nitrogen and oxygen atoms in total. The number of likely N-dealkylation sites (tertiary alicyclic amines) is 1. The van der Waals surface area contributed by atoms with E-state index in [1.807, 2.05) is 12.1 Å². The number of nitrogen functional groups attached to an aromatic ring is 1. The minimum Gasteiger partial charge on any atom is -0.398 e. The number of nitrogens with zero attached hydrogens (tertiary/aromatic N) is 1. The zero-order chi connectivity index (χ0) is 9.97. The lowest BCUT2D eigenvalue weighted by Crippen LogP contribution is -2.29. The average Bonchev–Trinajstić information content (AvgIpc) is 2.20. The normalized spacial score (nSPS) is 19.8. The van der Waals surface area contributed by atoms with Crippen molar-refractivity contribution in [1.82, 2.24) is 4.90 Å². The minimum absolute atomic E-state index is 0.674. The van der Waals surface area contributed by atoms with E-state index in [4.69, 9.17) is 5.73 Å². The molecule has 1 aromatic rings. The molecule has 0 spiro atoms. The molecule has 1 aliphatic rings. The fourth-order valence-corrected chi connectivity index (χ4v) is 2.20. The van der Waals surface area contributed by atoms with E-state index in [0.717, 1.165) is 5.69 Å². The molecule has 0 bridgehead atoms. The molecular formula is C12H18N2. The fourth-order valence-electron chi connectivity index (χ4n) is 2.20. The Morgan fingerprint density at radius 1 is 1.21 bits per heavy atom. The quantitative estimate of drug-likeness (QED) is 0.687. The van der Waals surface area contributed by atoms with Gasteiger partial charge in [-0.1, -0.05) is 18.2 Å². The Morgan fingerprint density at radius 3 is 2.50 bits per heavy atom. The van der Waals surface area contributed by atoms with Gasteiger partial charge in [-0.05, 0) is 50.5 Å². The van der Waals surface area contributed by atoms with Crippen molar-refractivity contribution in [1.29, 1.82) is 0 Å². The van der Waals surface area contributed by atoms with Gasteiger partial charge in [0.1, 0.15) is 0 Å². The lowest BCUT2D eigenvalue weighted by molar-refractivity contribution is 0.255. The van der Waals surface area contributed by atoms with Gasteiger partial charge in [0.25, 0.3) is 0 Å². The lowest BCUT2D eigenvalue weighted by atomic mass is 9.89. The first-order valence-electron chi connectivity index (χ1n) is 5.30. The zero-order valence-corrected chi connectivity index (χ0v) is 8.74. The molecule has 0 aliphatic carbocycles. The van der Waals surface area contributed by atoms with E-state index in [1.54, 1.807) is 0 Å². The molecule has 1 aromatic carbocycles. The Morgan fingerprint density at radius 2 is 1.86 bits per heavy atom. The van der Waals surface area contributed by atoms with Crippen LogP contribution in [0.3, 0.4) is 0 Å². The monoisotopic (exact) mass is 190 g/mol. The Labute approximate surface area is 85.7 Å². The number of piperidine rings is 1. The highest BCUT2D eigenvalue weighted by Gasteiger charge is 2.19. The van der Waals surface area contributed by atoms with Crippen LogP contribution in [0.15, 0.2) is 24.3 Å². The van der Waals surface area contributed by atoms with Crippen LogP contribution in [-0.4, -0.2) is 25.0 Å². The molecule has 2 rings (SSSR count). The molecule has 2 N–H and O–H groups in total. The van der Waals surface area contributed by atoms with E-state index in [9.17, 15) is 0 Å². The van der Waals surface area contributed by atoms with Crippen LogP contribution in [-0.2, 0) is 0 Å². The van der Waals surface area contributed by atoms with E-state index >= 15 is 0 Å². The van der Waals surface area contributed by atoms with Crippen molar-refractivity contribution in [3.05, 3.63) is 29.8 Å². The number of hydrogen-bond acceptors (Lipinski definition) is 2. The molecule has 0 unspecified atom stereocenters. The molecule has 0 atom stereocenters. The van der Waals surface area contributed by atoms with Crippen LogP contribution in [0.5, 0.6) is 0 Å². The Balaban J connectivity index is 2.12. The van der Waals surface area contributed by atoms with E-state index in [-0.39, 0.29) is 0 Å². The average molecular weight is 190 g/mol. The fraction of sp³-hybridized carbons (Fsp3) is 0.500. The van der Waals surface area contributed by atoms with Gasteiger partial charge < -0.3 is 10.6 Å². The minimum atomic E-state index is 0.674. The van der Waals surface area contributed by atoms with Crippen molar-refractivity contribution < 1.29 is 0 Å². The first-order valence-corrected chi connectivity index (χ1v) is 5.30. The van der Waals surface area contributed by atoms with E-state index < -0.39 is 0 Å². The molecule has 1 heterocycles. The summed E-state index contributed by atoms with van der Waals surface area (Å²) in [6.07, 6.45) is 2.48. The number of hydrogen-bond donors (Lipinski definition) is 1. The molecule has 2 heteroatoms. The molecule has 1 saturated heterocycles. The number of rotatable bonds is 1. The smallest absolute Gasteiger partial charge is 0.0349 e. The van der Waals surface area contributed by atoms with Crippen LogP contribution in [0.1, 0.15) is 24.3 Å². The summed E-state index contributed by atoms with van der Waals surface area (Å²) in [7, 11) is 2.19. The third kappa shape index (κ3) is 1.90. The van der Waals surface area contributed by atoms with Crippen LogP contribution >= 0.6 is 0 Å². The van der Waals surface area contributed by atoms with Crippen molar-refractivity contribution >= 4 is 5.69 Å². The zero-order valence-electron chi connectivity index (χ0n) is 8.74. The van der Waals surface area contributed by atoms with Crippen molar-refractivity contribution in [3.8, 4) is 0 Å². The predicted octanol–water partition coefficient (Wildman–Crippen LogP) is 2.08. The molecule has 0 aromatic heterocycles. The molecule has 0 amide bonds. The maximum atomic E-state index is 5.97. The predicted molar refractivity (Wildman–Crippen MR) is 60.3 cm³/mol. The van der Waals surface area contributed by atoms with Gasteiger partial charge in [0.05, 0.1) is 0 Å². The van der Waals surface area contributed by atoms with Crippen LogP contribution in [0.4, 0.5) is 5.69 Å². The van der Waals surface area contributed by atoms with Crippen molar-refractivity contribution in [2.45, 2.75) is 18.8 Å². The largest absolute Gasteiger partial charge is 0.398 e. The number of anilines is 1. The number of benzene rings is 1. The summed E-state index contributed by atoms with van der Waals surface area (Å²) < 4.78 is 0. The van der Waals surface area contributed by atoms with Gasteiger partial charge in [-0.25, -0.2) is 0 Å². The molecule has 0 saturated carbocycles. The van der Waals surface area contributed by atoms with Gasteiger partial charge in [0.15, 0.2) is 0 Å². The molecule has 1 aliphatic heterocycles. The van der Waals surface area contributed by atoms with Crippen molar-refractivity contribution in [2.75, 3.05) is 25.9 Å². The third-order valence-electron chi connectivity index (χ3n) is 3.15. The summed E-state index contributed by atoms with van der Waals surface area (Å²) in [4.78, 5) is 2.38. The second kappa shape index (κ2) is 4.01. The van der Waals surface area contributed by atoms with Gasteiger partial charge in [-0.15, -0.1) is 0 Å². The highest BCUT2D eigenvalue weighted by atomic mass is 15.1. The van der Waals surface area contributed by atoms with Gasteiger partial charge in [0, 0.05) is 5.69 Å². The standard InChI is InChI=1S/C12H18N2/c1-14-8-6-10(7-9-14)11-4-2-3-5-12(11)13/h2-5,10H,6-9,13H2,1H3. The number of nitrogens with two attached hydrogens (primary N) is 1.